The zero-order chi connectivity index (χ0) is 10.3. The smallest absolute Gasteiger partial charge is 0.145 e. The Morgan fingerprint density at radius 2 is 2.19 bits per heavy atom. The molecule has 0 fully saturated rings. The van der Waals surface area contributed by atoms with Crippen molar-refractivity contribution in [2.45, 2.75) is 0 Å². The van der Waals surface area contributed by atoms with E-state index in [1.807, 2.05) is 28.9 Å². The maximum absolute atomic E-state index is 5.55. The Morgan fingerprint density at radius 1 is 1.31 bits per heavy atom. The van der Waals surface area contributed by atoms with E-state index in [0.29, 0.717) is 5.82 Å². The van der Waals surface area contributed by atoms with Gasteiger partial charge in [-0.1, -0.05) is 0 Å². The van der Waals surface area contributed by atoms with E-state index < -0.39 is 0 Å². The summed E-state index contributed by atoms with van der Waals surface area (Å²) in [5, 5.41) is 6.76. The van der Waals surface area contributed by atoms with Crippen LogP contribution in [0.5, 0.6) is 0 Å². The molecule has 0 radical (unpaired) electrons. The lowest BCUT2D eigenvalue weighted by Crippen LogP contribution is -1.85. The van der Waals surface area contributed by atoms with E-state index in [-0.39, 0.29) is 12.4 Å². The highest BCUT2D eigenvalue weighted by molar-refractivity contribution is 5.85. The standard InChI is InChI=1S/C10H9N5.ClH/c11-9-5-8(13-14-9)7-1-2-10-12-3-4-15(10)6-7;/h1-6H,(H3,11,13,14);1H. The van der Waals surface area contributed by atoms with Crippen molar-refractivity contribution >= 4 is 23.9 Å². The first-order chi connectivity index (χ1) is 7.33. The van der Waals surface area contributed by atoms with E-state index in [2.05, 4.69) is 15.2 Å². The van der Waals surface area contributed by atoms with Gasteiger partial charge < -0.3 is 10.1 Å². The van der Waals surface area contributed by atoms with Gasteiger partial charge in [-0.15, -0.1) is 12.4 Å². The van der Waals surface area contributed by atoms with E-state index in [1.165, 1.54) is 0 Å². The first-order valence-corrected chi connectivity index (χ1v) is 4.57. The van der Waals surface area contributed by atoms with E-state index in [1.54, 1.807) is 12.3 Å². The number of nitrogens with zero attached hydrogens (tertiary/aromatic N) is 3. The number of pyridine rings is 1. The van der Waals surface area contributed by atoms with Crippen molar-refractivity contribution in [3.8, 4) is 11.3 Å². The molecule has 82 valence electrons. The Morgan fingerprint density at radius 3 is 2.94 bits per heavy atom. The monoisotopic (exact) mass is 235 g/mol. The fourth-order valence-electron chi connectivity index (χ4n) is 1.56. The van der Waals surface area contributed by atoms with Crippen LogP contribution in [0.2, 0.25) is 0 Å². The highest BCUT2D eigenvalue weighted by atomic mass is 35.5. The normalized spacial score (nSPS) is 10.2. The molecule has 16 heavy (non-hydrogen) atoms. The lowest BCUT2D eigenvalue weighted by Gasteiger charge is -1.98. The molecule has 3 N–H and O–H groups in total. The highest BCUT2D eigenvalue weighted by Crippen LogP contribution is 2.18. The van der Waals surface area contributed by atoms with Crippen LogP contribution in [-0.4, -0.2) is 19.6 Å². The summed E-state index contributed by atoms with van der Waals surface area (Å²) in [4.78, 5) is 4.17. The number of halogens is 1. The number of aromatic nitrogens is 4. The molecule has 6 heteroatoms. The minimum Gasteiger partial charge on any atom is -0.382 e. The van der Waals surface area contributed by atoms with Gasteiger partial charge in [0.05, 0.1) is 5.69 Å². The van der Waals surface area contributed by atoms with Gasteiger partial charge in [-0.05, 0) is 12.1 Å². The summed E-state index contributed by atoms with van der Waals surface area (Å²) in [6, 6.07) is 5.74. The summed E-state index contributed by atoms with van der Waals surface area (Å²) in [6.45, 7) is 0. The Labute approximate surface area is 97.7 Å². The topological polar surface area (TPSA) is 72.0 Å². The van der Waals surface area contributed by atoms with Crippen molar-refractivity contribution in [3.05, 3.63) is 36.8 Å². The SMILES string of the molecule is Cl.Nc1cc(-c2ccc3nccn3c2)[nH]n1. The van der Waals surface area contributed by atoms with E-state index in [0.717, 1.165) is 16.9 Å². The number of hydrogen-bond acceptors (Lipinski definition) is 3. The molecule has 0 saturated heterocycles. The van der Waals surface area contributed by atoms with Gasteiger partial charge in [0.15, 0.2) is 0 Å². The first kappa shape index (κ1) is 10.5. The predicted octanol–water partition coefficient (Wildman–Crippen LogP) is 1.73. The van der Waals surface area contributed by atoms with Crippen molar-refractivity contribution in [3.63, 3.8) is 0 Å². The Kier molecular flexibility index (Phi) is 2.54. The molecular weight excluding hydrogens is 226 g/mol. The molecule has 3 aromatic rings. The number of H-pyrrole nitrogens is 1. The van der Waals surface area contributed by atoms with Crippen LogP contribution in [0.4, 0.5) is 5.82 Å². The van der Waals surface area contributed by atoms with Crippen LogP contribution < -0.4 is 5.73 Å². The van der Waals surface area contributed by atoms with Crippen LogP contribution in [0.25, 0.3) is 16.9 Å². The van der Waals surface area contributed by atoms with Crippen molar-refractivity contribution in [1.82, 2.24) is 19.6 Å². The quantitative estimate of drug-likeness (QED) is 0.675. The van der Waals surface area contributed by atoms with Gasteiger partial charge >= 0.3 is 0 Å². The summed E-state index contributed by atoms with van der Waals surface area (Å²) in [5.74, 6) is 0.496. The summed E-state index contributed by atoms with van der Waals surface area (Å²) in [5.41, 5.74) is 8.41. The van der Waals surface area contributed by atoms with Gasteiger partial charge in [0.25, 0.3) is 0 Å². The molecule has 0 amide bonds. The number of nitrogen functional groups attached to an aromatic ring is 1. The number of aromatic amines is 1. The second-order valence-electron chi connectivity index (χ2n) is 3.32. The number of fused-ring (bicyclic) bond motifs is 1. The average molecular weight is 236 g/mol. The minimum absolute atomic E-state index is 0. The number of rotatable bonds is 1. The highest BCUT2D eigenvalue weighted by Gasteiger charge is 2.02. The zero-order valence-electron chi connectivity index (χ0n) is 8.29. The van der Waals surface area contributed by atoms with Gasteiger partial charge in [0.1, 0.15) is 11.5 Å². The van der Waals surface area contributed by atoms with Gasteiger partial charge in [-0.3, -0.25) is 5.10 Å². The van der Waals surface area contributed by atoms with Gasteiger partial charge in [-0.2, -0.15) is 5.10 Å². The number of nitrogens with one attached hydrogen (secondary N) is 1. The second kappa shape index (κ2) is 3.86. The largest absolute Gasteiger partial charge is 0.382 e. The lowest BCUT2D eigenvalue weighted by atomic mass is 10.2. The first-order valence-electron chi connectivity index (χ1n) is 4.57. The minimum atomic E-state index is 0. The van der Waals surface area contributed by atoms with Crippen LogP contribution in [0.15, 0.2) is 36.8 Å². The van der Waals surface area contributed by atoms with Gasteiger partial charge in [0, 0.05) is 30.2 Å². The fourth-order valence-corrected chi connectivity index (χ4v) is 1.56. The third-order valence-corrected chi connectivity index (χ3v) is 2.30. The summed E-state index contributed by atoms with van der Waals surface area (Å²) >= 11 is 0. The fraction of sp³-hybridized carbons (Fsp3) is 0. The maximum atomic E-state index is 5.55. The molecule has 0 aromatic carbocycles. The zero-order valence-corrected chi connectivity index (χ0v) is 9.11. The maximum Gasteiger partial charge on any atom is 0.145 e. The summed E-state index contributed by atoms with van der Waals surface area (Å²) in [7, 11) is 0. The van der Waals surface area contributed by atoms with Crippen molar-refractivity contribution in [2.24, 2.45) is 0 Å². The molecule has 0 unspecified atom stereocenters. The van der Waals surface area contributed by atoms with Gasteiger partial charge in [0.2, 0.25) is 0 Å². The molecule has 5 nitrogen and oxygen atoms in total. The number of anilines is 1. The molecule has 3 aromatic heterocycles. The summed E-state index contributed by atoms with van der Waals surface area (Å²) in [6.07, 6.45) is 5.65. The van der Waals surface area contributed by atoms with Gasteiger partial charge in [-0.25, -0.2) is 4.98 Å². The van der Waals surface area contributed by atoms with E-state index >= 15 is 0 Å². The van der Waals surface area contributed by atoms with Crippen molar-refractivity contribution in [1.29, 1.82) is 0 Å². The molecule has 0 saturated carbocycles. The number of nitrogens with two attached hydrogens (primary N) is 1. The third kappa shape index (κ3) is 1.61. The van der Waals surface area contributed by atoms with Crippen molar-refractivity contribution < 1.29 is 0 Å². The van der Waals surface area contributed by atoms with Crippen LogP contribution in [0.3, 0.4) is 0 Å². The molecule has 0 atom stereocenters. The number of imidazole rings is 1. The molecular formula is C10H10ClN5. The molecule has 3 rings (SSSR count). The third-order valence-electron chi connectivity index (χ3n) is 2.30. The molecule has 0 spiro atoms. The Balaban J connectivity index is 0.000000963. The Bertz CT molecular complexity index is 612. The lowest BCUT2D eigenvalue weighted by molar-refractivity contribution is 1.10. The molecule has 3 heterocycles. The Hall–Kier alpha value is -2.01. The second-order valence-corrected chi connectivity index (χ2v) is 3.32. The number of hydrogen-bond donors (Lipinski definition) is 2. The average Bonchev–Trinajstić information content (AvgIpc) is 2.84. The van der Waals surface area contributed by atoms with Crippen molar-refractivity contribution in [2.75, 3.05) is 5.73 Å². The van der Waals surface area contributed by atoms with E-state index in [9.17, 15) is 0 Å². The van der Waals surface area contributed by atoms with Crippen LogP contribution in [-0.2, 0) is 0 Å². The predicted molar refractivity (Wildman–Crippen MR) is 64.4 cm³/mol. The summed E-state index contributed by atoms with van der Waals surface area (Å²) < 4.78 is 1.95. The van der Waals surface area contributed by atoms with Crippen LogP contribution in [0.1, 0.15) is 0 Å². The van der Waals surface area contributed by atoms with Crippen LogP contribution in [0, 0.1) is 0 Å². The molecule has 0 aliphatic heterocycles. The molecule has 0 aliphatic carbocycles. The molecule has 0 bridgehead atoms. The molecule has 0 aliphatic rings. The van der Waals surface area contributed by atoms with Crippen LogP contribution >= 0.6 is 12.4 Å². The van der Waals surface area contributed by atoms with E-state index in [4.69, 9.17) is 5.73 Å².